The van der Waals surface area contributed by atoms with E-state index < -0.39 is 48.0 Å². The average Bonchev–Trinajstić information content (AvgIpc) is 3.25. The molecule has 2 bridgehead atoms. The molecule has 2 atom stereocenters. The van der Waals surface area contributed by atoms with E-state index >= 15 is 0 Å². The highest BCUT2D eigenvalue weighted by Gasteiger charge is 2.48. The Balaban J connectivity index is 0.000000517. The predicted molar refractivity (Wildman–Crippen MR) is 136 cm³/mol. The number of carboxylic acids is 1. The minimum atomic E-state index is -5.08. The predicted octanol–water partition coefficient (Wildman–Crippen LogP) is 4.97. The molecule has 4 heterocycles. The summed E-state index contributed by atoms with van der Waals surface area (Å²) in [5, 5.41) is 9.85. The van der Waals surface area contributed by atoms with Crippen molar-refractivity contribution >= 4 is 35.3 Å². The van der Waals surface area contributed by atoms with E-state index in [0.29, 0.717) is 24.6 Å². The summed E-state index contributed by atoms with van der Waals surface area (Å²) >= 11 is 0. The van der Waals surface area contributed by atoms with E-state index in [2.05, 4.69) is 15.3 Å². The van der Waals surface area contributed by atoms with Crippen LogP contribution in [0.5, 0.6) is 0 Å². The molecule has 1 aromatic carbocycles. The molecule has 1 saturated heterocycles. The number of fused-ring (bicyclic) bond motifs is 4. The number of rotatable bonds is 3. The van der Waals surface area contributed by atoms with Crippen LogP contribution >= 0.6 is 0 Å². The van der Waals surface area contributed by atoms with Gasteiger partial charge in [-0.1, -0.05) is 18.2 Å². The van der Waals surface area contributed by atoms with Crippen LogP contribution in [0, 0.1) is 0 Å². The van der Waals surface area contributed by atoms with Gasteiger partial charge in [0.15, 0.2) is 5.82 Å². The van der Waals surface area contributed by atoms with Crippen LogP contribution < -0.4 is 15.1 Å². The Morgan fingerprint density at radius 3 is 2.31 bits per heavy atom. The third-order valence-electron chi connectivity index (χ3n) is 6.16. The van der Waals surface area contributed by atoms with Gasteiger partial charge < -0.3 is 14.7 Å². The summed E-state index contributed by atoms with van der Waals surface area (Å²) in [5.74, 6) is -2.65. The number of urea groups is 1. The number of carbonyl (C=O) groups is 3. The largest absolute Gasteiger partial charge is 0.490 e. The van der Waals surface area contributed by atoms with Crippen LogP contribution in [0.15, 0.2) is 60.8 Å². The number of aliphatic carboxylic acids is 1. The van der Waals surface area contributed by atoms with Crippen LogP contribution in [0.2, 0.25) is 0 Å². The average molecular weight is 597 g/mol. The minimum absolute atomic E-state index is 0.261. The molecule has 0 spiro atoms. The number of alkyl halides is 6. The normalized spacial score (nSPS) is 17.5. The Labute approximate surface area is 233 Å². The number of carboxylic acid groups (broad SMARTS) is 1. The lowest BCUT2D eigenvalue weighted by Gasteiger charge is -2.36. The van der Waals surface area contributed by atoms with Crippen molar-refractivity contribution in [2.45, 2.75) is 31.4 Å². The molecule has 2 aromatic heterocycles. The highest BCUT2D eigenvalue weighted by atomic mass is 19.4. The first-order valence-electron chi connectivity index (χ1n) is 12.1. The number of carbonyl (C=O) groups excluding carboxylic acids is 2. The molecular formula is C26H21F6N5O5. The molecular weight excluding hydrogens is 576 g/mol. The second-order valence-electron chi connectivity index (χ2n) is 9.06. The van der Waals surface area contributed by atoms with E-state index in [0.717, 1.165) is 12.1 Å². The number of amides is 2. The Bertz CT molecular complexity index is 1480. The third-order valence-corrected chi connectivity index (χ3v) is 6.16. The van der Waals surface area contributed by atoms with Gasteiger partial charge in [-0.2, -0.15) is 26.3 Å². The van der Waals surface area contributed by atoms with Crippen molar-refractivity contribution in [2.75, 3.05) is 28.2 Å². The summed E-state index contributed by atoms with van der Waals surface area (Å²) in [6, 6.07) is 12.2. The van der Waals surface area contributed by atoms with Crippen molar-refractivity contribution in [1.82, 2.24) is 9.97 Å². The standard InChI is InChI=1S/C24H20F3N5O3.C2HF3O2/c1-14(33)35-20-13-31-12-19(20)32(23(34)30-21-7-2-3-10-28-21)22-18(31)9-8-17(29-22)15-5-4-6-16(11-15)24(25,26)27;3-2(4,5)1(6)7/h2-11,19-20H,12-13H2,1H3,(H,28,30,34);(H,6,7). The van der Waals surface area contributed by atoms with Gasteiger partial charge in [0, 0.05) is 25.2 Å². The van der Waals surface area contributed by atoms with E-state index in [4.69, 9.17) is 14.6 Å². The molecule has 0 aliphatic carbocycles. The number of pyridine rings is 2. The molecule has 16 heteroatoms. The Hall–Kier alpha value is -4.89. The monoisotopic (exact) mass is 597 g/mol. The first-order valence-corrected chi connectivity index (χ1v) is 12.1. The molecule has 42 heavy (non-hydrogen) atoms. The Kier molecular flexibility index (Phi) is 8.26. The van der Waals surface area contributed by atoms with E-state index in [1.165, 1.54) is 30.2 Å². The number of halogens is 6. The maximum atomic E-state index is 13.4. The van der Waals surface area contributed by atoms with Crippen molar-refractivity contribution in [2.24, 2.45) is 0 Å². The lowest BCUT2D eigenvalue weighted by molar-refractivity contribution is -0.192. The van der Waals surface area contributed by atoms with Crippen molar-refractivity contribution in [3.8, 4) is 11.3 Å². The van der Waals surface area contributed by atoms with Gasteiger partial charge in [0.25, 0.3) is 0 Å². The van der Waals surface area contributed by atoms with Gasteiger partial charge in [-0.3, -0.25) is 15.0 Å². The summed E-state index contributed by atoms with van der Waals surface area (Å²) in [6.07, 6.45) is -8.66. The zero-order valence-electron chi connectivity index (χ0n) is 21.5. The summed E-state index contributed by atoms with van der Waals surface area (Å²) in [7, 11) is 0. The smallest absolute Gasteiger partial charge is 0.475 e. The van der Waals surface area contributed by atoms with Gasteiger partial charge >= 0.3 is 30.3 Å². The van der Waals surface area contributed by atoms with Gasteiger partial charge in [0.2, 0.25) is 0 Å². The topological polar surface area (TPSA) is 125 Å². The maximum Gasteiger partial charge on any atom is 0.490 e. The number of hydrogen-bond donors (Lipinski definition) is 2. The fraction of sp³-hybridized carbons (Fsp3) is 0.269. The number of anilines is 3. The van der Waals surface area contributed by atoms with Gasteiger partial charge in [-0.25, -0.2) is 19.6 Å². The number of aromatic nitrogens is 2. The SMILES string of the molecule is CC(=O)OC1CN2CC1N(C(=O)Nc1ccccn1)c1nc(-c3cccc(C(F)(F)F)c3)ccc12.O=C(O)C(F)(F)F. The number of hydrogen-bond acceptors (Lipinski definition) is 7. The quantitative estimate of drug-likeness (QED) is 0.321. The summed E-state index contributed by atoms with van der Waals surface area (Å²) < 4.78 is 77.0. The fourth-order valence-corrected chi connectivity index (χ4v) is 4.42. The molecule has 2 unspecified atom stereocenters. The molecule has 5 rings (SSSR count). The Morgan fingerprint density at radius 2 is 1.71 bits per heavy atom. The molecule has 2 N–H and O–H groups in total. The maximum absolute atomic E-state index is 13.4. The van der Waals surface area contributed by atoms with Gasteiger partial charge in [-0.15, -0.1) is 0 Å². The summed E-state index contributed by atoms with van der Waals surface area (Å²) in [5.41, 5.74) is 0.356. The van der Waals surface area contributed by atoms with Gasteiger partial charge in [0.1, 0.15) is 11.9 Å². The molecule has 2 aliphatic heterocycles. The molecule has 222 valence electrons. The number of esters is 1. The van der Waals surface area contributed by atoms with Crippen LogP contribution in [0.3, 0.4) is 0 Å². The van der Waals surface area contributed by atoms with E-state index in [9.17, 15) is 35.9 Å². The molecule has 1 fully saturated rings. The summed E-state index contributed by atoms with van der Waals surface area (Å²) in [6.45, 7) is 2.06. The van der Waals surface area contributed by atoms with Gasteiger partial charge in [-0.05, 0) is 36.4 Å². The van der Waals surface area contributed by atoms with Crippen molar-refractivity contribution < 1.29 is 50.6 Å². The van der Waals surface area contributed by atoms with Crippen LogP contribution in [-0.4, -0.2) is 64.5 Å². The lowest BCUT2D eigenvalue weighted by atomic mass is 10.1. The first-order chi connectivity index (χ1) is 19.6. The van der Waals surface area contributed by atoms with E-state index in [-0.39, 0.29) is 17.1 Å². The number of nitrogens with one attached hydrogen (secondary N) is 1. The number of benzene rings is 1. The van der Waals surface area contributed by atoms with Crippen molar-refractivity contribution in [3.63, 3.8) is 0 Å². The Morgan fingerprint density at radius 1 is 1.00 bits per heavy atom. The molecule has 10 nitrogen and oxygen atoms in total. The van der Waals surface area contributed by atoms with Crippen LogP contribution in [0.25, 0.3) is 11.3 Å². The highest BCUT2D eigenvalue weighted by Crippen LogP contribution is 2.42. The molecule has 0 saturated carbocycles. The number of ether oxygens (including phenoxy) is 1. The molecule has 2 aliphatic rings. The molecule has 0 radical (unpaired) electrons. The van der Waals surface area contributed by atoms with Crippen LogP contribution in [-0.2, 0) is 20.5 Å². The minimum Gasteiger partial charge on any atom is -0.475 e. The number of nitrogens with zero attached hydrogens (tertiary/aromatic N) is 4. The van der Waals surface area contributed by atoms with Gasteiger partial charge in [0.05, 0.1) is 29.5 Å². The zero-order valence-corrected chi connectivity index (χ0v) is 21.5. The molecule has 2 amide bonds. The lowest BCUT2D eigenvalue weighted by Crippen LogP contribution is -2.52. The molecule has 3 aromatic rings. The summed E-state index contributed by atoms with van der Waals surface area (Å²) in [4.78, 5) is 46.1. The first kappa shape index (κ1) is 30.1. The van der Waals surface area contributed by atoms with Crippen molar-refractivity contribution in [1.29, 1.82) is 0 Å². The van der Waals surface area contributed by atoms with Crippen LogP contribution in [0.4, 0.5) is 48.5 Å². The third kappa shape index (κ3) is 6.70. The second-order valence-corrected chi connectivity index (χ2v) is 9.06. The van der Waals surface area contributed by atoms with Crippen LogP contribution in [0.1, 0.15) is 12.5 Å². The highest BCUT2D eigenvalue weighted by molar-refractivity contribution is 6.04. The van der Waals surface area contributed by atoms with E-state index in [1.54, 1.807) is 30.3 Å². The van der Waals surface area contributed by atoms with Crippen molar-refractivity contribution in [3.05, 3.63) is 66.4 Å². The second kappa shape index (κ2) is 11.5. The fourth-order valence-electron chi connectivity index (χ4n) is 4.42. The zero-order chi connectivity index (χ0) is 30.8. The van der Waals surface area contributed by atoms with E-state index in [1.807, 2.05) is 4.90 Å².